The van der Waals surface area contributed by atoms with Crippen LogP contribution < -0.4 is 10.2 Å². The molecule has 1 saturated carbocycles. The number of fused-ring (bicyclic) bond motifs is 1. The fourth-order valence-electron chi connectivity index (χ4n) is 5.04. The maximum atomic E-state index is 14.8. The number of hydrogen-bond donors (Lipinski definition) is 1. The molecule has 1 saturated heterocycles. The molecule has 0 spiro atoms. The molecule has 4 aromatic rings. The highest BCUT2D eigenvalue weighted by molar-refractivity contribution is 6.31. The summed E-state index contributed by atoms with van der Waals surface area (Å²) in [6.07, 6.45) is 3.86. The van der Waals surface area contributed by atoms with Gasteiger partial charge in [-0.15, -0.1) is 0 Å². The second-order valence-corrected chi connectivity index (χ2v) is 10.6. The minimum atomic E-state index is -3.00. The van der Waals surface area contributed by atoms with Crippen molar-refractivity contribution in [3.63, 3.8) is 0 Å². The van der Waals surface area contributed by atoms with Crippen molar-refractivity contribution in [2.75, 3.05) is 16.8 Å². The van der Waals surface area contributed by atoms with Crippen LogP contribution in [-0.4, -0.2) is 43.1 Å². The largest absolute Gasteiger partial charge is 0.318 e. The van der Waals surface area contributed by atoms with E-state index in [2.05, 4.69) is 25.4 Å². The van der Waals surface area contributed by atoms with Crippen molar-refractivity contribution in [1.82, 2.24) is 24.7 Å². The number of aryl methyl sites for hydroxylation is 1. The van der Waals surface area contributed by atoms with E-state index >= 15 is 0 Å². The van der Waals surface area contributed by atoms with Crippen LogP contribution >= 0.6 is 11.6 Å². The van der Waals surface area contributed by atoms with E-state index in [0.29, 0.717) is 24.0 Å². The van der Waals surface area contributed by atoms with Gasteiger partial charge in [-0.3, -0.25) is 24.2 Å². The van der Waals surface area contributed by atoms with Crippen LogP contribution in [0.5, 0.6) is 0 Å². The summed E-state index contributed by atoms with van der Waals surface area (Å²) < 4.78 is 43.6. The number of anilines is 2. The van der Waals surface area contributed by atoms with Crippen molar-refractivity contribution < 1.29 is 22.8 Å². The fourth-order valence-corrected chi connectivity index (χ4v) is 5.19. The topological polar surface area (TPSA) is 106 Å². The second kappa shape index (κ2) is 10.3. The normalized spacial score (nSPS) is 18.5. The number of carbonyl (C=O) groups is 2. The van der Waals surface area contributed by atoms with Crippen molar-refractivity contribution in [3.8, 4) is 11.3 Å². The molecular formula is C28H23ClF3N7O2. The standard InChI is InChI=1S/C28H23ClF3N7O2/c1-13-25(37-21(10-33-13)23-18(26(31)32)4-5-20(29)24(23)30)27(40)36-17-9-35-39(12-17)14(2)15-3-6-22(34-8-15)38-11-16-7-19(16)28(38)41/h3-6,8-10,12,14,16,19,26H,7,11H2,1-2H3,(H,36,40). The summed E-state index contributed by atoms with van der Waals surface area (Å²) in [6, 6.07) is 5.51. The predicted octanol–water partition coefficient (Wildman–Crippen LogP) is 5.62. The Morgan fingerprint density at radius 1 is 1.15 bits per heavy atom. The van der Waals surface area contributed by atoms with Crippen LogP contribution in [0.25, 0.3) is 11.3 Å². The molecule has 2 fully saturated rings. The van der Waals surface area contributed by atoms with E-state index in [1.54, 1.807) is 22.0 Å². The lowest BCUT2D eigenvalue weighted by atomic mass is 10.0. The quantitative estimate of drug-likeness (QED) is 0.304. The number of nitrogens with one attached hydrogen (secondary N) is 1. The van der Waals surface area contributed by atoms with Crippen molar-refractivity contribution in [3.05, 3.63) is 82.4 Å². The zero-order valence-corrected chi connectivity index (χ0v) is 22.6. The van der Waals surface area contributed by atoms with Gasteiger partial charge in [0.05, 0.1) is 40.5 Å². The number of amides is 2. The summed E-state index contributed by atoms with van der Waals surface area (Å²) >= 11 is 5.83. The lowest BCUT2D eigenvalue weighted by Crippen LogP contribution is -2.28. The number of benzene rings is 1. The van der Waals surface area contributed by atoms with Gasteiger partial charge >= 0.3 is 0 Å². The van der Waals surface area contributed by atoms with Gasteiger partial charge < -0.3 is 5.32 Å². The summed E-state index contributed by atoms with van der Waals surface area (Å²) in [6.45, 7) is 4.14. The van der Waals surface area contributed by atoms with Crippen molar-refractivity contribution in [2.45, 2.75) is 32.7 Å². The maximum Gasteiger partial charge on any atom is 0.276 e. The Hall–Kier alpha value is -4.32. The summed E-state index contributed by atoms with van der Waals surface area (Å²) in [7, 11) is 0. The number of nitrogens with zero attached hydrogens (tertiary/aromatic N) is 6. The van der Waals surface area contributed by atoms with Gasteiger partial charge in [0, 0.05) is 36.0 Å². The molecule has 6 rings (SSSR count). The first-order valence-corrected chi connectivity index (χ1v) is 13.2. The molecule has 3 aromatic heterocycles. The summed E-state index contributed by atoms with van der Waals surface area (Å²) in [5.41, 5.74) is -0.130. The molecule has 4 heterocycles. The van der Waals surface area contributed by atoms with Crippen LogP contribution in [0.3, 0.4) is 0 Å². The zero-order chi connectivity index (χ0) is 29.0. The first kappa shape index (κ1) is 26.9. The molecule has 3 unspecified atom stereocenters. The lowest BCUT2D eigenvalue weighted by Gasteiger charge is -2.18. The molecule has 2 amide bonds. The van der Waals surface area contributed by atoms with E-state index in [-0.39, 0.29) is 40.0 Å². The minimum Gasteiger partial charge on any atom is -0.318 e. The molecule has 41 heavy (non-hydrogen) atoms. The van der Waals surface area contributed by atoms with Gasteiger partial charge in [0.1, 0.15) is 11.5 Å². The van der Waals surface area contributed by atoms with Gasteiger partial charge in [0.25, 0.3) is 12.3 Å². The Labute approximate surface area is 237 Å². The van der Waals surface area contributed by atoms with Gasteiger partial charge in [0.15, 0.2) is 5.82 Å². The molecule has 210 valence electrons. The van der Waals surface area contributed by atoms with Crippen molar-refractivity contribution >= 4 is 34.9 Å². The lowest BCUT2D eigenvalue weighted by molar-refractivity contribution is -0.118. The Morgan fingerprint density at radius 2 is 1.95 bits per heavy atom. The van der Waals surface area contributed by atoms with Crippen LogP contribution in [0.2, 0.25) is 5.02 Å². The summed E-state index contributed by atoms with van der Waals surface area (Å²) in [4.78, 5) is 39.9. The van der Waals surface area contributed by atoms with Gasteiger partial charge in [-0.05, 0) is 43.9 Å². The highest BCUT2D eigenvalue weighted by atomic mass is 35.5. The molecule has 1 aliphatic carbocycles. The molecule has 9 nitrogen and oxygen atoms in total. The van der Waals surface area contributed by atoms with Crippen LogP contribution in [0.15, 0.2) is 49.1 Å². The molecule has 0 radical (unpaired) electrons. The van der Waals surface area contributed by atoms with Gasteiger partial charge in [-0.1, -0.05) is 23.7 Å². The average Bonchev–Trinajstić information content (AvgIpc) is 3.46. The predicted molar refractivity (Wildman–Crippen MR) is 144 cm³/mol. The van der Waals surface area contributed by atoms with E-state index < -0.39 is 29.3 Å². The van der Waals surface area contributed by atoms with E-state index in [1.807, 2.05) is 19.1 Å². The van der Waals surface area contributed by atoms with Crippen LogP contribution in [0.1, 0.15) is 53.1 Å². The molecule has 1 aliphatic heterocycles. The first-order chi connectivity index (χ1) is 19.6. The molecule has 1 aromatic carbocycles. The monoisotopic (exact) mass is 581 g/mol. The number of aromatic nitrogens is 5. The number of pyridine rings is 1. The molecule has 3 atom stereocenters. The third-order valence-corrected chi connectivity index (χ3v) is 7.79. The Kier molecular flexibility index (Phi) is 6.72. The number of piperidine rings is 1. The Balaban J connectivity index is 1.19. The number of hydrogen-bond acceptors (Lipinski definition) is 6. The fraction of sp³-hybridized carbons (Fsp3) is 0.286. The molecule has 0 bridgehead atoms. The molecule has 2 aliphatic rings. The highest BCUT2D eigenvalue weighted by Gasteiger charge is 2.52. The van der Waals surface area contributed by atoms with Crippen LogP contribution in [-0.2, 0) is 4.79 Å². The maximum absolute atomic E-state index is 14.8. The van der Waals surface area contributed by atoms with E-state index in [9.17, 15) is 22.8 Å². The number of alkyl halides is 2. The van der Waals surface area contributed by atoms with E-state index in [1.165, 1.54) is 13.1 Å². The van der Waals surface area contributed by atoms with Gasteiger partial charge in [-0.2, -0.15) is 5.10 Å². The van der Waals surface area contributed by atoms with Crippen LogP contribution in [0.4, 0.5) is 24.7 Å². The average molecular weight is 582 g/mol. The van der Waals surface area contributed by atoms with Gasteiger partial charge in [0.2, 0.25) is 5.91 Å². The number of rotatable bonds is 7. The number of halogens is 4. The summed E-state index contributed by atoms with van der Waals surface area (Å²) in [5.74, 6) is -0.388. The number of carbonyl (C=O) groups excluding carboxylic acids is 2. The zero-order valence-electron chi connectivity index (χ0n) is 21.9. The van der Waals surface area contributed by atoms with Crippen LogP contribution in [0, 0.1) is 24.6 Å². The highest BCUT2D eigenvalue weighted by Crippen LogP contribution is 2.47. The Morgan fingerprint density at radius 3 is 2.63 bits per heavy atom. The first-order valence-electron chi connectivity index (χ1n) is 12.8. The second-order valence-electron chi connectivity index (χ2n) is 10.2. The Bertz CT molecular complexity index is 1680. The van der Waals surface area contributed by atoms with E-state index in [4.69, 9.17) is 11.6 Å². The molecule has 13 heteroatoms. The SMILES string of the molecule is Cc1ncc(-c2c(C(F)F)ccc(Cl)c2F)nc1C(=O)Nc1cnn(C(C)c2ccc(N3CC4CC4C3=O)nc2)c1. The van der Waals surface area contributed by atoms with Gasteiger partial charge in [-0.25, -0.2) is 23.1 Å². The third kappa shape index (κ3) is 4.92. The molecule has 1 N–H and O–H groups in total. The minimum absolute atomic E-state index is 0.133. The van der Waals surface area contributed by atoms with Crippen molar-refractivity contribution in [1.29, 1.82) is 0 Å². The smallest absolute Gasteiger partial charge is 0.276 e. The summed E-state index contributed by atoms with van der Waals surface area (Å²) in [5, 5.41) is 6.65. The molecular weight excluding hydrogens is 559 g/mol. The third-order valence-electron chi connectivity index (χ3n) is 7.50. The van der Waals surface area contributed by atoms with E-state index in [0.717, 1.165) is 30.3 Å². The van der Waals surface area contributed by atoms with Crippen molar-refractivity contribution in [2.24, 2.45) is 11.8 Å².